The van der Waals surface area contributed by atoms with Gasteiger partial charge >= 0.3 is 0 Å². The Balaban J connectivity index is 1.85. The number of carbonyl (C=O) groups is 1. The molecule has 5 heteroatoms. The van der Waals surface area contributed by atoms with Crippen molar-refractivity contribution in [2.75, 3.05) is 24.4 Å². The van der Waals surface area contributed by atoms with Gasteiger partial charge in [0.25, 0.3) is 0 Å². The maximum Gasteiger partial charge on any atom is 0.232 e. The van der Waals surface area contributed by atoms with E-state index in [0.717, 1.165) is 64.4 Å². The van der Waals surface area contributed by atoms with E-state index in [9.17, 15) is 4.79 Å². The summed E-state index contributed by atoms with van der Waals surface area (Å²) in [5.74, 6) is 1.92. The smallest absolute Gasteiger partial charge is 0.232 e. The lowest BCUT2D eigenvalue weighted by Crippen LogP contribution is -2.38. The molecule has 2 aromatic carbocycles. The maximum absolute atomic E-state index is 13.6. The summed E-state index contributed by atoms with van der Waals surface area (Å²) in [5.41, 5.74) is 6.13. The highest BCUT2D eigenvalue weighted by Gasteiger charge is 2.40. The van der Waals surface area contributed by atoms with Crippen LogP contribution in [0.5, 0.6) is 11.5 Å². The molecule has 1 N–H and O–H groups in total. The molecule has 0 spiro atoms. The maximum atomic E-state index is 13.6. The second-order valence-corrected chi connectivity index (χ2v) is 8.15. The highest BCUT2D eigenvalue weighted by Crippen LogP contribution is 2.42. The number of rotatable bonds is 4. The van der Waals surface area contributed by atoms with Gasteiger partial charge in [-0.05, 0) is 62.4 Å². The van der Waals surface area contributed by atoms with Crippen LogP contribution in [0, 0.1) is 26.7 Å². The van der Waals surface area contributed by atoms with E-state index in [1.54, 1.807) is 14.2 Å². The molecule has 1 amide bonds. The Bertz CT molecular complexity index is 954. The van der Waals surface area contributed by atoms with Gasteiger partial charge in [0.05, 0.1) is 38.1 Å². The molecule has 4 rings (SSSR count). The lowest BCUT2D eigenvalue weighted by Gasteiger charge is -2.28. The average molecular weight is 395 g/mol. The molecule has 0 saturated heterocycles. The first-order chi connectivity index (χ1) is 14.0. The van der Waals surface area contributed by atoms with Crippen molar-refractivity contribution in [3.05, 3.63) is 46.5 Å². The van der Waals surface area contributed by atoms with Gasteiger partial charge in [-0.2, -0.15) is 0 Å². The van der Waals surface area contributed by atoms with Gasteiger partial charge < -0.3 is 19.7 Å². The molecule has 1 aliphatic heterocycles. The second kappa shape index (κ2) is 7.62. The van der Waals surface area contributed by atoms with E-state index < -0.39 is 0 Å². The van der Waals surface area contributed by atoms with Crippen LogP contribution in [0.15, 0.2) is 24.3 Å². The second-order valence-electron chi connectivity index (χ2n) is 8.15. The van der Waals surface area contributed by atoms with Crippen LogP contribution >= 0.6 is 0 Å². The summed E-state index contributed by atoms with van der Waals surface area (Å²) in [6, 6.07) is 8.33. The topological polar surface area (TPSA) is 50.8 Å². The van der Waals surface area contributed by atoms with E-state index in [1.807, 2.05) is 43.9 Å². The number of nitrogens with zero attached hydrogens (tertiary/aromatic N) is 1. The third kappa shape index (κ3) is 3.13. The fraction of sp³-hybridized carbons (Fsp3) is 0.458. The van der Waals surface area contributed by atoms with Crippen molar-refractivity contribution in [2.24, 2.45) is 5.92 Å². The SMILES string of the molecule is COc1c(C)c(C)c(OC)c(CN2C(=O)[C@H]3CCC[C@H]3Nc3ccccc32)c1C. The first kappa shape index (κ1) is 19.6. The predicted molar refractivity (Wildman–Crippen MR) is 116 cm³/mol. The van der Waals surface area contributed by atoms with E-state index in [0.29, 0.717) is 6.54 Å². The Morgan fingerprint density at radius 3 is 2.41 bits per heavy atom. The van der Waals surface area contributed by atoms with Gasteiger partial charge in [-0.1, -0.05) is 18.6 Å². The van der Waals surface area contributed by atoms with Crippen molar-refractivity contribution in [1.29, 1.82) is 0 Å². The molecule has 0 radical (unpaired) electrons. The van der Waals surface area contributed by atoms with Crippen LogP contribution in [0.25, 0.3) is 0 Å². The number of hydrogen-bond acceptors (Lipinski definition) is 4. The Hall–Kier alpha value is -2.69. The number of carbonyl (C=O) groups excluding carboxylic acids is 1. The number of amides is 1. The quantitative estimate of drug-likeness (QED) is 0.813. The van der Waals surface area contributed by atoms with Gasteiger partial charge in [0, 0.05) is 11.6 Å². The van der Waals surface area contributed by atoms with Crippen LogP contribution in [-0.4, -0.2) is 26.2 Å². The minimum Gasteiger partial charge on any atom is -0.496 e. The molecule has 0 aromatic heterocycles. The molecule has 1 fully saturated rings. The monoisotopic (exact) mass is 394 g/mol. The van der Waals surface area contributed by atoms with Crippen molar-refractivity contribution in [3.8, 4) is 11.5 Å². The molecule has 2 atom stereocenters. The van der Waals surface area contributed by atoms with Crippen molar-refractivity contribution in [2.45, 2.75) is 52.6 Å². The summed E-state index contributed by atoms with van der Waals surface area (Å²) in [6.07, 6.45) is 3.07. The molecule has 1 saturated carbocycles. The number of para-hydroxylation sites is 2. The van der Waals surface area contributed by atoms with Crippen molar-refractivity contribution in [3.63, 3.8) is 0 Å². The molecule has 29 heavy (non-hydrogen) atoms. The molecular formula is C24H30N2O3. The fourth-order valence-electron chi connectivity index (χ4n) is 5.03. The molecule has 2 aromatic rings. The Labute approximate surface area is 173 Å². The van der Waals surface area contributed by atoms with Gasteiger partial charge in [0.15, 0.2) is 0 Å². The van der Waals surface area contributed by atoms with E-state index in [-0.39, 0.29) is 17.9 Å². The molecule has 1 heterocycles. The summed E-state index contributed by atoms with van der Waals surface area (Å²) >= 11 is 0. The number of hydrogen-bond donors (Lipinski definition) is 1. The number of benzene rings is 2. The number of nitrogens with one attached hydrogen (secondary N) is 1. The van der Waals surface area contributed by atoms with Crippen LogP contribution in [0.4, 0.5) is 11.4 Å². The lowest BCUT2D eigenvalue weighted by atomic mass is 9.96. The molecule has 0 bridgehead atoms. The lowest BCUT2D eigenvalue weighted by molar-refractivity contribution is -0.122. The van der Waals surface area contributed by atoms with E-state index in [1.165, 1.54) is 0 Å². The molecule has 0 unspecified atom stereocenters. The minimum atomic E-state index is 0.0159. The zero-order chi connectivity index (χ0) is 20.7. The number of methoxy groups -OCH3 is 2. The Morgan fingerprint density at radius 1 is 1.00 bits per heavy atom. The summed E-state index contributed by atoms with van der Waals surface area (Å²) < 4.78 is 11.5. The highest BCUT2D eigenvalue weighted by atomic mass is 16.5. The van der Waals surface area contributed by atoms with E-state index in [4.69, 9.17) is 9.47 Å². The normalized spacial score (nSPS) is 20.6. The Kier molecular flexibility index (Phi) is 5.15. The summed E-state index contributed by atoms with van der Waals surface area (Å²) in [6.45, 7) is 6.61. The summed E-state index contributed by atoms with van der Waals surface area (Å²) in [4.78, 5) is 15.6. The zero-order valence-corrected chi connectivity index (χ0v) is 18.0. The van der Waals surface area contributed by atoms with Gasteiger partial charge in [-0.3, -0.25) is 4.79 Å². The molecule has 154 valence electrons. The highest BCUT2D eigenvalue weighted by molar-refractivity contribution is 6.00. The zero-order valence-electron chi connectivity index (χ0n) is 18.0. The number of anilines is 2. The summed E-state index contributed by atoms with van der Waals surface area (Å²) in [5, 5.41) is 3.64. The minimum absolute atomic E-state index is 0.0159. The first-order valence-corrected chi connectivity index (χ1v) is 10.4. The first-order valence-electron chi connectivity index (χ1n) is 10.4. The number of ether oxygens (including phenoxy) is 2. The molecule has 2 aliphatic rings. The third-order valence-corrected chi connectivity index (χ3v) is 6.67. The van der Waals surface area contributed by atoms with Gasteiger partial charge in [0.1, 0.15) is 11.5 Å². The van der Waals surface area contributed by atoms with Crippen molar-refractivity contribution < 1.29 is 14.3 Å². The summed E-state index contributed by atoms with van der Waals surface area (Å²) in [7, 11) is 3.40. The van der Waals surface area contributed by atoms with Gasteiger partial charge in [0.2, 0.25) is 5.91 Å². The standard InChI is InChI=1S/C24H30N2O3/c1-14-15(2)23(29-5)18(16(3)22(14)28-4)13-26-21-12-7-6-10-20(21)25-19-11-8-9-17(19)24(26)27/h6-7,10,12,17,19,25H,8-9,11,13H2,1-5H3/t17-,19+/m0/s1. The third-order valence-electron chi connectivity index (χ3n) is 6.67. The van der Waals surface area contributed by atoms with Crippen LogP contribution in [-0.2, 0) is 11.3 Å². The number of fused-ring (bicyclic) bond motifs is 2. The molecule has 1 aliphatic carbocycles. The fourth-order valence-corrected chi connectivity index (χ4v) is 5.03. The predicted octanol–water partition coefficient (Wildman–Crippen LogP) is 4.76. The molecular weight excluding hydrogens is 364 g/mol. The van der Waals surface area contributed by atoms with Gasteiger partial charge in [-0.25, -0.2) is 0 Å². The molecule has 5 nitrogen and oxygen atoms in total. The van der Waals surface area contributed by atoms with E-state index in [2.05, 4.69) is 11.4 Å². The Morgan fingerprint density at radius 2 is 1.69 bits per heavy atom. The van der Waals surface area contributed by atoms with Gasteiger partial charge in [-0.15, -0.1) is 0 Å². The largest absolute Gasteiger partial charge is 0.496 e. The van der Waals surface area contributed by atoms with Crippen molar-refractivity contribution in [1.82, 2.24) is 0 Å². The van der Waals surface area contributed by atoms with Crippen LogP contribution in [0.3, 0.4) is 0 Å². The van der Waals surface area contributed by atoms with E-state index >= 15 is 0 Å². The average Bonchev–Trinajstić information content (AvgIpc) is 3.14. The van der Waals surface area contributed by atoms with Crippen LogP contribution in [0.2, 0.25) is 0 Å². The van der Waals surface area contributed by atoms with Crippen LogP contribution < -0.4 is 19.7 Å². The van der Waals surface area contributed by atoms with Crippen molar-refractivity contribution >= 4 is 17.3 Å². The van der Waals surface area contributed by atoms with Crippen LogP contribution in [0.1, 0.15) is 41.5 Å².